The van der Waals surface area contributed by atoms with Crippen LogP contribution in [-0.2, 0) is 0 Å². The summed E-state index contributed by atoms with van der Waals surface area (Å²) in [7, 11) is 0. The molecule has 0 atom stereocenters. The molecule has 0 aliphatic carbocycles. The van der Waals surface area contributed by atoms with E-state index in [1.54, 1.807) is 6.07 Å². The minimum absolute atomic E-state index is 0.347. The third kappa shape index (κ3) is 1.78. The van der Waals surface area contributed by atoms with E-state index in [9.17, 15) is 4.39 Å². The third-order valence-electron chi connectivity index (χ3n) is 2.61. The van der Waals surface area contributed by atoms with Gasteiger partial charge in [-0.15, -0.1) is 0 Å². The van der Waals surface area contributed by atoms with Crippen LogP contribution >= 0.6 is 0 Å². The molecule has 0 radical (unpaired) electrons. The summed E-state index contributed by atoms with van der Waals surface area (Å²) in [5, 5.41) is 0. The highest BCUT2D eigenvalue weighted by atomic mass is 19.1. The average molecular weight is 227 g/mol. The molecule has 3 aromatic rings. The van der Waals surface area contributed by atoms with Gasteiger partial charge in [-0.3, -0.25) is 0 Å². The number of fused-ring (bicyclic) bond motifs is 1. The van der Waals surface area contributed by atoms with Crippen LogP contribution in [0.5, 0.6) is 0 Å². The van der Waals surface area contributed by atoms with Crippen LogP contribution in [0.3, 0.4) is 0 Å². The van der Waals surface area contributed by atoms with Gasteiger partial charge in [-0.05, 0) is 36.8 Å². The average Bonchev–Trinajstić information content (AvgIpc) is 2.72. The van der Waals surface area contributed by atoms with Crippen molar-refractivity contribution < 1.29 is 4.39 Å². The fraction of sp³-hybridized carbons (Fsp3) is 0.0769. The van der Waals surface area contributed by atoms with Crippen molar-refractivity contribution in [2.45, 2.75) is 6.92 Å². The van der Waals surface area contributed by atoms with E-state index < -0.39 is 0 Å². The van der Waals surface area contributed by atoms with Gasteiger partial charge in [0.05, 0.1) is 17.2 Å². The van der Waals surface area contributed by atoms with Crippen LogP contribution in [0.15, 0.2) is 36.5 Å². The Morgan fingerprint density at radius 1 is 1.18 bits per heavy atom. The number of halogens is 1. The Labute approximate surface area is 97.3 Å². The van der Waals surface area contributed by atoms with Gasteiger partial charge in [-0.2, -0.15) is 0 Å². The number of nitrogens with zero attached hydrogens (tertiary/aromatic N) is 2. The van der Waals surface area contributed by atoms with E-state index in [4.69, 9.17) is 0 Å². The normalized spacial score (nSPS) is 10.9. The fourth-order valence-electron chi connectivity index (χ4n) is 1.76. The van der Waals surface area contributed by atoms with E-state index in [2.05, 4.69) is 15.0 Å². The maximum Gasteiger partial charge on any atom is 0.157 e. The molecule has 0 amide bonds. The number of aromatic amines is 1. The number of nitrogens with one attached hydrogen (secondary N) is 1. The second-order valence-corrected chi connectivity index (χ2v) is 3.97. The predicted octanol–water partition coefficient (Wildman–Crippen LogP) is 3.07. The van der Waals surface area contributed by atoms with Gasteiger partial charge in [0.2, 0.25) is 0 Å². The molecule has 2 aromatic heterocycles. The van der Waals surface area contributed by atoms with E-state index in [1.807, 2.05) is 25.1 Å². The summed E-state index contributed by atoms with van der Waals surface area (Å²) in [5.74, 6) is 0.311. The Morgan fingerprint density at radius 2 is 2.06 bits per heavy atom. The van der Waals surface area contributed by atoms with Gasteiger partial charge in [0.1, 0.15) is 11.5 Å². The molecule has 0 aliphatic rings. The molecule has 3 rings (SSSR count). The quantitative estimate of drug-likeness (QED) is 0.694. The van der Waals surface area contributed by atoms with Crippen molar-refractivity contribution in [2.75, 3.05) is 0 Å². The largest absolute Gasteiger partial charge is 0.337 e. The predicted molar refractivity (Wildman–Crippen MR) is 64.0 cm³/mol. The molecule has 1 N–H and O–H groups in total. The highest BCUT2D eigenvalue weighted by molar-refractivity contribution is 5.79. The highest BCUT2D eigenvalue weighted by Crippen LogP contribution is 2.19. The number of hydrogen-bond donors (Lipinski definition) is 1. The molecule has 0 aliphatic heterocycles. The molecule has 4 heteroatoms. The standard InChI is InChI=1S/C13H10FN3/c1-8-2-4-10-12(6-8)17-13(16-10)11-5-3-9(14)7-15-11/h2-7H,1H3,(H,16,17). The van der Waals surface area contributed by atoms with E-state index >= 15 is 0 Å². The molecule has 0 saturated carbocycles. The maximum absolute atomic E-state index is 12.8. The van der Waals surface area contributed by atoms with E-state index in [0.29, 0.717) is 11.5 Å². The molecule has 0 bridgehead atoms. The zero-order valence-corrected chi connectivity index (χ0v) is 9.24. The Balaban J connectivity index is 2.14. The fourth-order valence-corrected chi connectivity index (χ4v) is 1.76. The summed E-state index contributed by atoms with van der Waals surface area (Å²) in [6.45, 7) is 2.02. The zero-order valence-electron chi connectivity index (χ0n) is 9.24. The lowest BCUT2D eigenvalue weighted by Crippen LogP contribution is -1.85. The number of aryl methyl sites for hydroxylation is 1. The summed E-state index contributed by atoms with van der Waals surface area (Å²) >= 11 is 0. The lowest BCUT2D eigenvalue weighted by Gasteiger charge is -1.93. The van der Waals surface area contributed by atoms with Gasteiger partial charge < -0.3 is 4.98 Å². The molecule has 3 nitrogen and oxygen atoms in total. The number of imidazole rings is 1. The van der Waals surface area contributed by atoms with Crippen LogP contribution in [0.25, 0.3) is 22.6 Å². The molecule has 17 heavy (non-hydrogen) atoms. The van der Waals surface area contributed by atoms with Crippen molar-refractivity contribution in [3.63, 3.8) is 0 Å². The molecule has 2 heterocycles. The van der Waals surface area contributed by atoms with Crippen LogP contribution in [-0.4, -0.2) is 15.0 Å². The number of rotatable bonds is 1. The van der Waals surface area contributed by atoms with Crippen LogP contribution in [0.1, 0.15) is 5.56 Å². The van der Waals surface area contributed by atoms with Gasteiger partial charge in [-0.25, -0.2) is 14.4 Å². The minimum atomic E-state index is -0.347. The summed E-state index contributed by atoms with van der Waals surface area (Å²) in [6, 6.07) is 8.97. The molecule has 0 saturated heterocycles. The number of hydrogen-bond acceptors (Lipinski definition) is 2. The van der Waals surface area contributed by atoms with Gasteiger partial charge in [0.25, 0.3) is 0 Å². The smallest absolute Gasteiger partial charge is 0.157 e. The highest BCUT2D eigenvalue weighted by Gasteiger charge is 2.06. The molecule has 0 spiro atoms. The number of aromatic nitrogens is 3. The van der Waals surface area contributed by atoms with Crippen molar-refractivity contribution in [2.24, 2.45) is 0 Å². The van der Waals surface area contributed by atoms with E-state index in [1.165, 1.54) is 17.8 Å². The lowest BCUT2D eigenvalue weighted by molar-refractivity contribution is 0.621. The first-order valence-corrected chi connectivity index (χ1v) is 5.31. The second-order valence-electron chi connectivity index (χ2n) is 3.97. The van der Waals surface area contributed by atoms with Crippen molar-refractivity contribution >= 4 is 11.0 Å². The van der Waals surface area contributed by atoms with Crippen LogP contribution in [0.2, 0.25) is 0 Å². The first-order valence-electron chi connectivity index (χ1n) is 5.31. The summed E-state index contributed by atoms with van der Waals surface area (Å²) in [5.41, 5.74) is 3.66. The van der Waals surface area contributed by atoms with Gasteiger partial charge in [0, 0.05) is 0 Å². The maximum atomic E-state index is 12.8. The number of benzene rings is 1. The molecule has 1 aromatic carbocycles. The Kier molecular flexibility index (Phi) is 2.14. The minimum Gasteiger partial charge on any atom is -0.337 e. The van der Waals surface area contributed by atoms with Gasteiger partial charge >= 0.3 is 0 Å². The molecular weight excluding hydrogens is 217 g/mol. The van der Waals surface area contributed by atoms with Crippen molar-refractivity contribution in [1.82, 2.24) is 15.0 Å². The van der Waals surface area contributed by atoms with Crippen molar-refractivity contribution in [3.05, 3.63) is 47.9 Å². The van der Waals surface area contributed by atoms with Crippen LogP contribution in [0.4, 0.5) is 4.39 Å². The second kappa shape index (κ2) is 3.66. The SMILES string of the molecule is Cc1ccc2nc(-c3ccc(F)cn3)[nH]c2c1. The summed E-state index contributed by atoms with van der Waals surface area (Å²) in [6.07, 6.45) is 1.19. The zero-order chi connectivity index (χ0) is 11.8. The van der Waals surface area contributed by atoms with Crippen LogP contribution in [0, 0.1) is 12.7 Å². The molecule has 0 fully saturated rings. The monoisotopic (exact) mass is 227 g/mol. The van der Waals surface area contributed by atoms with E-state index in [-0.39, 0.29) is 5.82 Å². The van der Waals surface area contributed by atoms with E-state index in [0.717, 1.165) is 11.0 Å². The van der Waals surface area contributed by atoms with Gasteiger partial charge in [0.15, 0.2) is 5.82 Å². The van der Waals surface area contributed by atoms with Crippen LogP contribution < -0.4 is 0 Å². The Morgan fingerprint density at radius 3 is 2.82 bits per heavy atom. The third-order valence-corrected chi connectivity index (χ3v) is 2.61. The topological polar surface area (TPSA) is 41.6 Å². The molecular formula is C13H10FN3. The first kappa shape index (κ1) is 9.96. The Hall–Kier alpha value is -2.23. The number of pyridine rings is 1. The molecule has 84 valence electrons. The van der Waals surface area contributed by atoms with Gasteiger partial charge in [-0.1, -0.05) is 6.07 Å². The molecule has 0 unspecified atom stereocenters. The Bertz CT molecular complexity index is 671. The first-order chi connectivity index (χ1) is 8.22. The summed E-state index contributed by atoms with van der Waals surface area (Å²) in [4.78, 5) is 11.6. The summed E-state index contributed by atoms with van der Waals surface area (Å²) < 4.78 is 12.8. The van der Waals surface area contributed by atoms with Crippen molar-refractivity contribution in [3.8, 4) is 11.5 Å². The number of H-pyrrole nitrogens is 1. The van der Waals surface area contributed by atoms with Crippen molar-refractivity contribution in [1.29, 1.82) is 0 Å². The lowest BCUT2D eigenvalue weighted by atomic mass is 10.2.